The molecule has 0 aromatic carbocycles. The Bertz CT molecular complexity index is 647. The van der Waals surface area contributed by atoms with Crippen LogP contribution in [0.15, 0.2) is 23.0 Å². The molecule has 1 heterocycles. The summed E-state index contributed by atoms with van der Waals surface area (Å²) in [7, 11) is 0. The number of aldehydes is 1. The number of hydrogen-bond acceptors (Lipinski definition) is 4. The number of furan rings is 1. The molecule has 2 aliphatic carbocycles. The molecular formula is C20H26O4. The van der Waals surface area contributed by atoms with E-state index >= 15 is 0 Å². The van der Waals surface area contributed by atoms with Crippen LogP contribution < -0.4 is 0 Å². The highest BCUT2D eigenvalue weighted by molar-refractivity contribution is 5.97. The summed E-state index contributed by atoms with van der Waals surface area (Å²) < 4.78 is 5.02. The highest BCUT2D eigenvalue weighted by Crippen LogP contribution is 2.61. The predicted molar refractivity (Wildman–Crippen MR) is 89.6 cm³/mol. The lowest BCUT2D eigenvalue weighted by molar-refractivity contribution is -0.155. The molecule has 0 amide bonds. The molecule has 5 unspecified atom stereocenters. The maximum Gasteiger partial charge on any atom is 0.167 e. The Labute approximate surface area is 143 Å². The molecule has 0 N–H and O–H groups in total. The fourth-order valence-corrected chi connectivity index (χ4v) is 5.26. The van der Waals surface area contributed by atoms with Crippen LogP contribution in [0.5, 0.6) is 0 Å². The molecule has 0 radical (unpaired) electrons. The van der Waals surface area contributed by atoms with Crippen molar-refractivity contribution in [3.63, 3.8) is 0 Å². The summed E-state index contributed by atoms with van der Waals surface area (Å²) in [4.78, 5) is 37.3. The Hall–Kier alpha value is -1.71. The molecule has 24 heavy (non-hydrogen) atoms. The van der Waals surface area contributed by atoms with Gasteiger partial charge in [-0.15, -0.1) is 0 Å². The maximum atomic E-state index is 12.7. The first-order valence-corrected chi connectivity index (χ1v) is 8.89. The lowest BCUT2D eigenvalue weighted by Crippen LogP contribution is -2.57. The molecule has 2 fully saturated rings. The van der Waals surface area contributed by atoms with Gasteiger partial charge in [0.05, 0.1) is 11.8 Å². The lowest BCUT2D eigenvalue weighted by atomic mass is 9.44. The van der Waals surface area contributed by atoms with Crippen molar-refractivity contribution in [3.8, 4) is 0 Å². The van der Waals surface area contributed by atoms with Gasteiger partial charge in [0.1, 0.15) is 18.3 Å². The van der Waals surface area contributed by atoms with Crippen LogP contribution >= 0.6 is 0 Å². The van der Waals surface area contributed by atoms with Gasteiger partial charge in [-0.05, 0) is 42.6 Å². The number of fused-ring (bicyclic) bond motifs is 1. The average molecular weight is 330 g/mol. The Morgan fingerprint density at radius 2 is 2.12 bits per heavy atom. The minimum Gasteiger partial charge on any atom is -0.472 e. The van der Waals surface area contributed by atoms with Crippen LogP contribution in [0.1, 0.15) is 63.2 Å². The number of rotatable bonds is 4. The fraction of sp³-hybridized carbons (Fsp3) is 0.650. The summed E-state index contributed by atoms with van der Waals surface area (Å²) in [6.45, 7) is 6.22. The van der Waals surface area contributed by atoms with E-state index in [1.54, 1.807) is 6.07 Å². The first kappa shape index (κ1) is 17.1. The van der Waals surface area contributed by atoms with E-state index in [9.17, 15) is 14.4 Å². The van der Waals surface area contributed by atoms with Gasteiger partial charge < -0.3 is 9.21 Å². The van der Waals surface area contributed by atoms with Crippen molar-refractivity contribution in [2.75, 3.05) is 0 Å². The Morgan fingerprint density at radius 3 is 2.75 bits per heavy atom. The van der Waals surface area contributed by atoms with Crippen molar-refractivity contribution >= 4 is 17.9 Å². The largest absolute Gasteiger partial charge is 0.472 e. The van der Waals surface area contributed by atoms with Crippen molar-refractivity contribution in [1.82, 2.24) is 0 Å². The summed E-state index contributed by atoms with van der Waals surface area (Å²) >= 11 is 0. The van der Waals surface area contributed by atoms with E-state index in [0.29, 0.717) is 24.2 Å². The van der Waals surface area contributed by atoms with E-state index < -0.39 is 5.41 Å². The van der Waals surface area contributed by atoms with Crippen LogP contribution in [-0.2, 0) is 9.59 Å². The first-order chi connectivity index (χ1) is 11.3. The molecule has 1 aromatic heterocycles. The van der Waals surface area contributed by atoms with Gasteiger partial charge in [0.15, 0.2) is 5.78 Å². The zero-order valence-corrected chi connectivity index (χ0v) is 14.7. The molecule has 1 aromatic rings. The minimum absolute atomic E-state index is 0.0449. The maximum absolute atomic E-state index is 12.7. The van der Waals surface area contributed by atoms with E-state index in [0.717, 1.165) is 19.1 Å². The van der Waals surface area contributed by atoms with Crippen LogP contribution in [0.2, 0.25) is 0 Å². The molecule has 4 heteroatoms. The molecule has 0 aliphatic heterocycles. The van der Waals surface area contributed by atoms with Crippen molar-refractivity contribution in [3.05, 3.63) is 24.2 Å². The van der Waals surface area contributed by atoms with Gasteiger partial charge in [-0.25, -0.2) is 0 Å². The van der Waals surface area contributed by atoms with Gasteiger partial charge in [0.2, 0.25) is 0 Å². The molecule has 0 spiro atoms. The van der Waals surface area contributed by atoms with Gasteiger partial charge in [-0.3, -0.25) is 9.59 Å². The molecule has 130 valence electrons. The first-order valence-electron chi connectivity index (χ1n) is 8.89. The number of ketones is 2. The van der Waals surface area contributed by atoms with Crippen molar-refractivity contribution in [2.24, 2.45) is 28.6 Å². The standard InChI is InChI=1S/C20H26O4/c1-13-6-8-19(3)14(2)16(22)4-5-18(19)20(13,12-21)10-17(23)15-7-9-24-11-15/h7,9,11-14,18H,4-6,8,10H2,1-3H3. The third-order valence-electron chi connectivity index (χ3n) is 7.16. The third-order valence-corrected chi connectivity index (χ3v) is 7.16. The summed E-state index contributed by atoms with van der Waals surface area (Å²) in [5, 5.41) is 0. The van der Waals surface area contributed by atoms with E-state index in [1.165, 1.54) is 12.5 Å². The van der Waals surface area contributed by atoms with Gasteiger partial charge >= 0.3 is 0 Å². The number of Topliss-reactive ketones (excluding diaryl/α,β-unsaturated/α-hetero) is 2. The fourth-order valence-electron chi connectivity index (χ4n) is 5.26. The topological polar surface area (TPSA) is 64.3 Å². The molecule has 2 aliphatic rings. The lowest BCUT2D eigenvalue weighted by Gasteiger charge is -2.58. The quantitative estimate of drug-likeness (QED) is 0.616. The zero-order chi connectivity index (χ0) is 17.5. The van der Waals surface area contributed by atoms with E-state index in [4.69, 9.17) is 4.42 Å². The van der Waals surface area contributed by atoms with Gasteiger partial charge in [-0.2, -0.15) is 0 Å². The SMILES string of the molecule is CC1C(=O)CCC2C1(C)CCC(C)C2(C=O)CC(=O)c1ccoc1. The van der Waals surface area contributed by atoms with Crippen molar-refractivity contribution in [2.45, 2.75) is 52.9 Å². The summed E-state index contributed by atoms with van der Waals surface area (Å²) in [5.41, 5.74) is -0.355. The van der Waals surface area contributed by atoms with Crippen molar-refractivity contribution < 1.29 is 18.8 Å². The molecule has 0 bridgehead atoms. The van der Waals surface area contributed by atoms with Gasteiger partial charge in [-0.1, -0.05) is 20.8 Å². The van der Waals surface area contributed by atoms with Crippen LogP contribution in [0, 0.1) is 28.6 Å². The Balaban J connectivity index is 1.99. The average Bonchev–Trinajstić information content (AvgIpc) is 3.10. The number of carbonyl (C=O) groups is 3. The predicted octanol–water partition coefficient (Wildman–Crippen LogP) is 4.09. The molecule has 0 saturated heterocycles. The smallest absolute Gasteiger partial charge is 0.167 e. The van der Waals surface area contributed by atoms with Gasteiger partial charge in [0.25, 0.3) is 0 Å². The normalized spacial score (nSPS) is 39.3. The van der Waals surface area contributed by atoms with E-state index in [2.05, 4.69) is 13.8 Å². The number of hydrogen-bond donors (Lipinski definition) is 0. The second-order valence-electron chi connectivity index (χ2n) is 8.07. The Morgan fingerprint density at radius 1 is 1.38 bits per heavy atom. The highest BCUT2D eigenvalue weighted by Gasteiger charge is 2.59. The molecule has 3 rings (SSSR count). The van der Waals surface area contributed by atoms with E-state index in [-0.39, 0.29) is 35.4 Å². The second-order valence-corrected chi connectivity index (χ2v) is 8.07. The summed E-state index contributed by atoms with van der Waals surface area (Å²) in [5.74, 6) is 0.423. The van der Waals surface area contributed by atoms with Gasteiger partial charge in [0, 0.05) is 24.2 Å². The molecular weight excluding hydrogens is 304 g/mol. The molecule has 2 saturated carbocycles. The monoisotopic (exact) mass is 330 g/mol. The Kier molecular flexibility index (Phi) is 4.27. The summed E-state index contributed by atoms with van der Waals surface area (Å²) in [6.07, 6.45) is 7.21. The second kappa shape index (κ2) is 5.98. The number of carbonyl (C=O) groups excluding carboxylic acids is 3. The highest BCUT2D eigenvalue weighted by atomic mass is 16.3. The van der Waals surface area contributed by atoms with E-state index in [1.807, 2.05) is 6.92 Å². The van der Waals surface area contributed by atoms with Crippen LogP contribution in [0.3, 0.4) is 0 Å². The molecule has 4 nitrogen and oxygen atoms in total. The van der Waals surface area contributed by atoms with Crippen LogP contribution in [0.4, 0.5) is 0 Å². The van der Waals surface area contributed by atoms with Crippen molar-refractivity contribution in [1.29, 1.82) is 0 Å². The minimum atomic E-state index is -0.684. The van der Waals surface area contributed by atoms with Crippen LogP contribution in [0.25, 0.3) is 0 Å². The summed E-state index contributed by atoms with van der Waals surface area (Å²) in [6, 6.07) is 1.65. The molecule has 5 atom stereocenters. The van der Waals surface area contributed by atoms with Crippen LogP contribution in [-0.4, -0.2) is 17.9 Å². The third kappa shape index (κ3) is 2.38. The zero-order valence-electron chi connectivity index (χ0n) is 14.7.